The van der Waals surface area contributed by atoms with Crippen molar-refractivity contribution in [3.05, 3.63) is 47.7 Å². The van der Waals surface area contributed by atoms with E-state index in [4.69, 9.17) is 0 Å². The highest BCUT2D eigenvalue weighted by Crippen LogP contribution is 2.47. The average Bonchev–Trinajstić information content (AvgIpc) is 2.94. The first-order chi connectivity index (χ1) is 10.6. The number of nitrogens with one attached hydrogen (secondary N) is 1. The number of fused-ring (bicyclic) bond motifs is 1. The Hall–Kier alpha value is -2.10. The van der Waals surface area contributed by atoms with Crippen LogP contribution in [0.1, 0.15) is 38.2 Å². The summed E-state index contributed by atoms with van der Waals surface area (Å²) in [4.78, 5) is 25.6. The van der Waals surface area contributed by atoms with Crippen LogP contribution in [0.15, 0.2) is 42.1 Å². The fourth-order valence-electron chi connectivity index (χ4n) is 3.60. The number of nitrogens with zero attached hydrogens (tertiary/aromatic N) is 1. The van der Waals surface area contributed by atoms with E-state index in [0.717, 1.165) is 30.5 Å². The maximum Gasteiger partial charge on any atom is 0.227 e. The summed E-state index contributed by atoms with van der Waals surface area (Å²) in [5.41, 5.74) is 2.19. The van der Waals surface area contributed by atoms with E-state index in [2.05, 4.69) is 11.4 Å². The SMILES string of the molecule is CC(=O)NCC12CCC=C1N(Cc1ccccc1)C(=O)CC2. The molecule has 1 aromatic carbocycles. The number of piperidine rings is 1. The number of amides is 2. The molecule has 4 nitrogen and oxygen atoms in total. The van der Waals surface area contributed by atoms with Crippen LogP contribution < -0.4 is 5.32 Å². The van der Waals surface area contributed by atoms with Crippen molar-refractivity contribution in [2.45, 2.75) is 39.2 Å². The van der Waals surface area contributed by atoms with Gasteiger partial charge in [-0.1, -0.05) is 36.4 Å². The Labute approximate surface area is 131 Å². The van der Waals surface area contributed by atoms with Gasteiger partial charge >= 0.3 is 0 Å². The number of hydrogen-bond acceptors (Lipinski definition) is 2. The van der Waals surface area contributed by atoms with Gasteiger partial charge in [0.15, 0.2) is 0 Å². The summed E-state index contributed by atoms with van der Waals surface area (Å²) in [6.45, 7) is 2.80. The number of hydrogen-bond donors (Lipinski definition) is 1. The molecule has 1 aliphatic carbocycles. The quantitative estimate of drug-likeness (QED) is 0.929. The van der Waals surface area contributed by atoms with Crippen LogP contribution in [0.3, 0.4) is 0 Å². The summed E-state index contributed by atoms with van der Waals surface area (Å²) < 4.78 is 0. The van der Waals surface area contributed by atoms with Gasteiger partial charge in [0.2, 0.25) is 11.8 Å². The molecule has 1 unspecified atom stereocenters. The maximum absolute atomic E-state index is 12.4. The first-order valence-corrected chi connectivity index (χ1v) is 7.90. The zero-order chi connectivity index (χ0) is 15.6. The molecule has 0 bridgehead atoms. The second-order valence-electron chi connectivity index (χ2n) is 6.28. The van der Waals surface area contributed by atoms with Crippen LogP contribution in [0.25, 0.3) is 0 Å². The first kappa shape index (κ1) is 14.8. The number of likely N-dealkylation sites (tertiary alicyclic amines) is 1. The molecule has 0 spiro atoms. The van der Waals surface area contributed by atoms with E-state index in [-0.39, 0.29) is 17.2 Å². The molecule has 1 aromatic rings. The number of carbonyl (C=O) groups is 2. The highest BCUT2D eigenvalue weighted by atomic mass is 16.2. The summed E-state index contributed by atoms with van der Waals surface area (Å²) in [6, 6.07) is 10.1. The molecule has 1 atom stereocenters. The molecule has 22 heavy (non-hydrogen) atoms. The zero-order valence-electron chi connectivity index (χ0n) is 13.0. The standard InChI is InChI=1S/C18H22N2O2/c1-14(21)19-13-18-10-5-8-16(18)20(17(22)9-11-18)12-15-6-3-2-4-7-15/h2-4,6-8H,5,9-13H2,1H3,(H,19,21). The number of rotatable bonds is 4. The van der Waals surface area contributed by atoms with E-state index in [9.17, 15) is 9.59 Å². The predicted molar refractivity (Wildman–Crippen MR) is 84.7 cm³/mol. The van der Waals surface area contributed by atoms with Gasteiger partial charge in [-0.05, 0) is 24.8 Å². The summed E-state index contributed by atoms with van der Waals surface area (Å²) in [5, 5.41) is 2.96. The molecular formula is C18H22N2O2. The number of benzene rings is 1. The van der Waals surface area contributed by atoms with Crippen molar-refractivity contribution >= 4 is 11.8 Å². The Morgan fingerprint density at radius 1 is 1.27 bits per heavy atom. The Balaban J connectivity index is 1.83. The van der Waals surface area contributed by atoms with Crippen LogP contribution >= 0.6 is 0 Å². The molecule has 1 aliphatic heterocycles. The van der Waals surface area contributed by atoms with Gasteiger partial charge in [-0.25, -0.2) is 0 Å². The Morgan fingerprint density at radius 2 is 2.05 bits per heavy atom. The summed E-state index contributed by atoms with van der Waals surface area (Å²) >= 11 is 0. The third-order valence-electron chi connectivity index (χ3n) is 4.77. The number of allylic oxidation sites excluding steroid dienone is 1. The van der Waals surface area contributed by atoms with Crippen LogP contribution in [0, 0.1) is 5.41 Å². The smallest absolute Gasteiger partial charge is 0.227 e. The fraction of sp³-hybridized carbons (Fsp3) is 0.444. The van der Waals surface area contributed by atoms with Gasteiger partial charge in [0.25, 0.3) is 0 Å². The predicted octanol–water partition coefficient (Wildman–Crippen LogP) is 2.61. The molecule has 1 N–H and O–H groups in total. The monoisotopic (exact) mass is 298 g/mol. The Morgan fingerprint density at radius 3 is 2.77 bits per heavy atom. The maximum atomic E-state index is 12.4. The molecule has 1 heterocycles. The lowest BCUT2D eigenvalue weighted by molar-refractivity contribution is -0.134. The molecule has 0 saturated carbocycles. The molecule has 1 saturated heterocycles. The third kappa shape index (κ3) is 2.78. The minimum atomic E-state index is -0.0612. The molecule has 0 radical (unpaired) electrons. The van der Waals surface area contributed by atoms with E-state index in [1.165, 1.54) is 0 Å². The Bertz CT molecular complexity index is 609. The summed E-state index contributed by atoms with van der Waals surface area (Å²) in [7, 11) is 0. The van der Waals surface area contributed by atoms with Crippen LogP contribution in [0.5, 0.6) is 0 Å². The van der Waals surface area contributed by atoms with Gasteiger partial charge in [-0.15, -0.1) is 0 Å². The molecule has 3 rings (SSSR count). The van der Waals surface area contributed by atoms with Gasteiger partial charge in [-0.2, -0.15) is 0 Å². The molecular weight excluding hydrogens is 276 g/mol. The van der Waals surface area contributed by atoms with Crippen molar-refractivity contribution in [1.82, 2.24) is 10.2 Å². The molecule has 4 heteroatoms. The van der Waals surface area contributed by atoms with Gasteiger partial charge < -0.3 is 10.2 Å². The first-order valence-electron chi connectivity index (χ1n) is 7.90. The van der Waals surface area contributed by atoms with E-state index in [1.54, 1.807) is 6.92 Å². The van der Waals surface area contributed by atoms with Crippen molar-refractivity contribution in [2.75, 3.05) is 6.54 Å². The van der Waals surface area contributed by atoms with Crippen molar-refractivity contribution in [3.8, 4) is 0 Å². The lowest BCUT2D eigenvalue weighted by atomic mass is 9.76. The van der Waals surface area contributed by atoms with Gasteiger partial charge in [0.05, 0.1) is 6.54 Å². The number of carbonyl (C=O) groups excluding carboxylic acids is 2. The van der Waals surface area contributed by atoms with E-state index in [1.807, 2.05) is 35.2 Å². The van der Waals surface area contributed by atoms with Crippen LogP contribution in [0.4, 0.5) is 0 Å². The highest BCUT2D eigenvalue weighted by molar-refractivity contribution is 5.80. The second-order valence-corrected chi connectivity index (χ2v) is 6.28. The normalized spacial score (nSPS) is 24.0. The molecule has 2 aliphatic rings. The van der Waals surface area contributed by atoms with E-state index >= 15 is 0 Å². The lowest BCUT2D eigenvalue weighted by Crippen LogP contribution is -2.47. The zero-order valence-corrected chi connectivity index (χ0v) is 13.0. The Kier molecular flexibility index (Phi) is 4.01. The molecule has 0 aromatic heterocycles. The van der Waals surface area contributed by atoms with Gasteiger partial charge in [-0.3, -0.25) is 9.59 Å². The van der Waals surface area contributed by atoms with Crippen molar-refractivity contribution in [3.63, 3.8) is 0 Å². The molecule has 1 fully saturated rings. The molecule has 2 amide bonds. The van der Waals surface area contributed by atoms with Gasteiger partial charge in [0, 0.05) is 31.0 Å². The van der Waals surface area contributed by atoms with Crippen molar-refractivity contribution in [2.24, 2.45) is 5.41 Å². The second kappa shape index (κ2) is 5.95. The third-order valence-corrected chi connectivity index (χ3v) is 4.77. The topological polar surface area (TPSA) is 49.4 Å². The summed E-state index contributed by atoms with van der Waals surface area (Å²) in [6.07, 6.45) is 5.57. The summed E-state index contributed by atoms with van der Waals surface area (Å²) in [5.74, 6) is 0.183. The highest BCUT2D eigenvalue weighted by Gasteiger charge is 2.45. The fourth-order valence-corrected chi connectivity index (χ4v) is 3.60. The van der Waals surface area contributed by atoms with Crippen molar-refractivity contribution < 1.29 is 9.59 Å². The molecule has 116 valence electrons. The average molecular weight is 298 g/mol. The van der Waals surface area contributed by atoms with Crippen LogP contribution in [-0.4, -0.2) is 23.3 Å². The van der Waals surface area contributed by atoms with E-state index < -0.39 is 0 Å². The minimum Gasteiger partial charge on any atom is -0.355 e. The largest absolute Gasteiger partial charge is 0.355 e. The van der Waals surface area contributed by atoms with E-state index in [0.29, 0.717) is 19.5 Å². The minimum absolute atomic E-state index is 0.00728. The lowest BCUT2D eigenvalue weighted by Gasteiger charge is -2.42. The van der Waals surface area contributed by atoms with Gasteiger partial charge in [0.1, 0.15) is 0 Å². The van der Waals surface area contributed by atoms with Crippen LogP contribution in [-0.2, 0) is 16.1 Å². The van der Waals surface area contributed by atoms with Crippen molar-refractivity contribution in [1.29, 1.82) is 0 Å². The van der Waals surface area contributed by atoms with Crippen LogP contribution in [0.2, 0.25) is 0 Å².